The van der Waals surface area contributed by atoms with E-state index in [0.29, 0.717) is 6.61 Å². The monoisotopic (exact) mass is 311 g/mol. The first kappa shape index (κ1) is 15.6. The van der Waals surface area contributed by atoms with Gasteiger partial charge in [0.15, 0.2) is 0 Å². The van der Waals surface area contributed by atoms with Crippen LogP contribution < -0.4 is 10.1 Å². The van der Waals surface area contributed by atoms with Gasteiger partial charge in [-0.1, -0.05) is 42.5 Å². The Labute approximate surface area is 136 Å². The van der Waals surface area contributed by atoms with Crippen molar-refractivity contribution in [1.29, 1.82) is 0 Å². The molecule has 0 saturated carbocycles. The van der Waals surface area contributed by atoms with Gasteiger partial charge in [-0.2, -0.15) is 0 Å². The fourth-order valence-corrected chi connectivity index (χ4v) is 2.75. The second-order valence-electron chi connectivity index (χ2n) is 5.78. The summed E-state index contributed by atoms with van der Waals surface area (Å²) in [7, 11) is 1.63. The molecule has 4 heteroatoms. The summed E-state index contributed by atoms with van der Waals surface area (Å²) in [5, 5.41) is 3.10. The number of hydrogen-bond donors (Lipinski definition) is 1. The van der Waals surface area contributed by atoms with Gasteiger partial charge in [0, 0.05) is 0 Å². The molecule has 4 nitrogen and oxygen atoms in total. The molecule has 0 radical (unpaired) electrons. The molecule has 1 amide bonds. The van der Waals surface area contributed by atoms with Crippen molar-refractivity contribution < 1.29 is 14.3 Å². The number of ether oxygens (including phenoxy) is 2. The van der Waals surface area contributed by atoms with Gasteiger partial charge in [0.2, 0.25) is 5.91 Å². The highest BCUT2D eigenvalue weighted by molar-refractivity contribution is 5.83. The average molecular weight is 311 g/mol. The predicted octanol–water partition coefficient (Wildman–Crippen LogP) is 3.06. The highest BCUT2D eigenvalue weighted by atomic mass is 16.5. The topological polar surface area (TPSA) is 47.6 Å². The van der Waals surface area contributed by atoms with Crippen LogP contribution in [0.3, 0.4) is 0 Å². The zero-order valence-corrected chi connectivity index (χ0v) is 13.4. The minimum Gasteiger partial charge on any atom is -0.497 e. The van der Waals surface area contributed by atoms with Crippen LogP contribution in [0.15, 0.2) is 54.6 Å². The highest BCUT2D eigenvalue weighted by Gasteiger charge is 2.35. The van der Waals surface area contributed by atoms with Gasteiger partial charge >= 0.3 is 0 Å². The minimum atomic E-state index is -0.234. The second-order valence-corrected chi connectivity index (χ2v) is 5.78. The van der Waals surface area contributed by atoms with E-state index >= 15 is 0 Å². The summed E-state index contributed by atoms with van der Waals surface area (Å²) in [5.74, 6) is 0.533. The molecule has 0 aliphatic carbocycles. The standard InChI is InChI=1S/C19H21NO3/c1-13(15-9-6-10-16(11-15)22-2)19(21)20-17-12-23-18(17)14-7-4-3-5-8-14/h3-11,13,17-18H,12H2,1-2H3,(H,20,21)/t13?,17-,18+/m1/s1. The molecule has 1 aliphatic heterocycles. The summed E-state index contributed by atoms with van der Waals surface area (Å²) >= 11 is 0. The molecule has 1 unspecified atom stereocenters. The van der Waals surface area contributed by atoms with Crippen molar-refractivity contribution in [2.24, 2.45) is 0 Å². The number of rotatable bonds is 5. The van der Waals surface area contributed by atoms with Crippen LogP contribution in [-0.2, 0) is 9.53 Å². The summed E-state index contributed by atoms with van der Waals surface area (Å²) in [5.41, 5.74) is 2.04. The van der Waals surface area contributed by atoms with Crippen LogP contribution >= 0.6 is 0 Å². The van der Waals surface area contributed by atoms with Gasteiger partial charge in [-0.25, -0.2) is 0 Å². The molecule has 1 N–H and O–H groups in total. The summed E-state index contributed by atoms with van der Waals surface area (Å²) in [6.45, 7) is 2.46. The molecule has 3 atom stereocenters. The van der Waals surface area contributed by atoms with E-state index in [-0.39, 0.29) is 24.0 Å². The number of methoxy groups -OCH3 is 1. The van der Waals surface area contributed by atoms with Gasteiger partial charge in [0.25, 0.3) is 0 Å². The van der Waals surface area contributed by atoms with Gasteiger partial charge in [-0.3, -0.25) is 4.79 Å². The van der Waals surface area contributed by atoms with Gasteiger partial charge < -0.3 is 14.8 Å². The Kier molecular flexibility index (Phi) is 4.63. The van der Waals surface area contributed by atoms with Crippen molar-refractivity contribution in [3.05, 3.63) is 65.7 Å². The first-order valence-electron chi connectivity index (χ1n) is 7.80. The molecule has 2 aromatic rings. The number of carbonyl (C=O) groups is 1. The molecule has 1 heterocycles. The fourth-order valence-electron chi connectivity index (χ4n) is 2.75. The first-order valence-corrected chi connectivity index (χ1v) is 7.80. The Morgan fingerprint density at radius 2 is 2.00 bits per heavy atom. The number of carbonyl (C=O) groups excluding carboxylic acids is 1. The SMILES string of the molecule is COc1cccc(C(C)C(=O)N[C@@H]2CO[C@H]2c2ccccc2)c1. The Morgan fingerprint density at radius 3 is 2.65 bits per heavy atom. The largest absolute Gasteiger partial charge is 0.497 e. The van der Waals surface area contributed by atoms with Crippen molar-refractivity contribution in [1.82, 2.24) is 5.32 Å². The van der Waals surface area contributed by atoms with Gasteiger partial charge in [0.05, 0.1) is 25.7 Å². The lowest BCUT2D eigenvalue weighted by molar-refractivity contribution is -0.133. The summed E-state index contributed by atoms with van der Waals surface area (Å²) in [4.78, 5) is 12.5. The molecule has 0 spiro atoms. The van der Waals surface area contributed by atoms with Crippen LogP contribution in [0.2, 0.25) is 0 Å². The second kappa shape index (κ2) is 6.84. The summed E-state index contributed by atoms with van der Waals surface area (Å²) in [6, 6.07) is 17.6. The molecule has 0 aromatic heterocycles. The normalized spacial score (nSPS) is 21.1. The molecular formula is C19H21NO3. The van der Waals surface area contributed by atoms with E-state index in [1.165, 1.54) is 0 Å². The molecule has 2 aromatic carbocycles. The minimum absolute atomic E-state index is 0.00693. The molecule has 1 aliphatic rings. The Morgan fingerprint density at radius 1 is 1.22 bits per heavy atom. The third kappa shape index (κ3) is 3.37. The van der Waals surface area contributed by atoms with E-state index in [2.05, 4.69) is 5.32 Å². The molecule has 23 heavy (non-hydrogen) atoms. The number of benzene rings is 2. The smallest absolute Gasteiger partial charge is 0.227 e. The van der Waals surface area contributed by atoms with Crippen LogP contribution in [-0.4, -0.2) is 25.7 Å². The van der Waals surface area contributed by atoms with Crippen LogP contribution in [0.4, 0.5) is 0 Å². The third-order valence-electron chi connectivity index (χ3n) is 4.26. The van der Waals surface area contributed by atoms with Crippen LogP contribution in [0.25, 0.3) is 0 Å². The Balaban J connectivity index is 1.64. The van der Waals surface area contributed by atoms with Crippen molar-refractivity contribution in [2.45, 2.75) is 25.0 Å². The van der Waals surface area contributed by atoms with Crippen LogP contribution in [0, 0.1) is 0 Å². The van der Waals surface area contributed by atoms with Crippen molar-refractivity contribution in [3.63, 3.8) is 0 Å². The lowest BCUT2D eigenvalue weighted by atomic mass is 9.95. The zero-order valence-electron chi connectivity index (χ0n) is 13.4. The van der Waals surface area contributed by atoms with E-state index in [4.69, 9.17) is 9.47 Å². The van der Waals surface area contributed by atoms with E-state index in [0.717, 1.165) is 16.9 Å². The third-order valence-corrected chi connectivity index (χ3v) is 4.26. The Bertz CT molecular complexity index is 671. The van der Waals surface area contributed by atoms with Crippen molar-refractivity contribution in [2.75, 3.05) is 13.7 Å². The summed E-state index contributed by atoms with van der Waals surface area (Å²) < 4.78 is 10.8. The van der Waals surface area contributed by atoms with Gasteiger partial charge in [-0.05, 0) is 30.2 Å². The lowest BCUT2D eigenvalue weighted by Gasteiger charge is -2.38. The van der Waals surface area contributed by atoms with E-state index in [1.54, 1.807) is 7.11 Å². The van der Waals surface area contributed by atoms with Crippen LogP contribution in [0.5, 0.6) is 5.75 Å². The van der Waals surface area contributed by atoms with E-state index in [1.807, 2.05) is 61.5 Å². The molecule has 120 valence electrons. The molecule has 1 saturated heterocycles. The fraction of sp³-hybridized carbons (Fsp3) is 0.316. The van der Waals surface area contributed by atoms with Gasteiger partial charge in [-0.15, -0.1) is 0 Å². The maximum absolute atomic E-state index is 12.5. The quantitative estimate of drug-likeness (QED) is 0.923. The van der Waals surface area contributed by atoms with Crippen molar-refractivity contribution in [3.8, 4) is 5.75 Å². The predicted molar refractivity (Wildman–Crippen MR) is 88.5 cm³/mol. The lowest BCUT2D eigenvalue weighted by Crippen LogP contribution is -2.51. The van der Waals surface area contributed by atoms with Crippen LogP contribution in [0.1, 0.15) is 30.1 Å². The number of hydrogen-bond acceptors (Lipinski definition) is 3. The molecule has 1 fully saturated rings. The van der Waals surface area contributed by atoms with E-state index in [9.17, 15) is 4.79 Å². The molecular weight excluding hydrogens is 290 g/mol. The number of amides is 1. The van der Waals surface area contributed by atoms with Gasteiger partial charge in [0.1, 0.15) is 11.9 Å². The average Bonchev–Trinajstić information content (AvgIpc) is 2.58. The maximum atomic E-state index is 12.5. The summed E-state index contributed by atoms with van der Waals surface area (Å²) in [6.07, 6.45) is -0.0577. The molecule has 0 bridgehead atoms. The Hall–Kier alpha value is -2.33. The van der Waals surface area contributed by atoms with Crippen molar-refractivity contribution >= 4 is 5.91 Å². The molecule has 3 rings (SSSR count). The first-order chi connectivity index (χ1) is 11.2. The highest BCUT2D eigenvalue weighted by Crippen LogP contribution is 2.30. The number of nitrogens with one attached hydrogen (secondary N) is 1. The zero-order chi connectivity index (χ0) is 16.2. The maximum Gasteiger partial charge on any atom is 0.227 e. The van der Waals surface area contributed by atoms with E-state index < -0.39 is 0 Å².